The van der Waals surface area contributed by atoms with Gasteiger partial charge in [-0.05, 0) is 43.0 Å². The van der Waals surface area contributed by atoms with E-state index >= 15 is 0 Å². The summed E-state index contributed by atoms with van der Waals surface area (Å²) >= 11 is 1.30. The van der Waals surface area contributed by atoms with Gasteiger partial charge in [0.1, 0.15) is 5.75 Å². The van der Waals surface area contributed by atoms with E-state index in [-0.39, 0.29) is 17.5 Å². The molecule has 29 heavy (non-hydrogen) atoms. The van der Waals surface area contributed by atoms with E-state index in [2.05, 4.69) is 0 Å². The highest BCUT2D eigenvalue weighted by Gasteiger charge is 2.44. The Balaban J connectivity index is 2.00. The molecule has 154 valence electrons. The maximum absolute atomic E-state index is 13.1. The fourth-order valence-electron chi connectivity index (χ4n) is 3.35. The maximum atomic E-state index is 13.1. The Labute approximate surface area is 175 Å². The zero-order valence-electron chi connectivity index (χ0n) is 17.1. The molecule has 6 nitrogen and oxygen atoms in total. The lowest BCUT2D eigenvalue weighted by Gasteiger charge is -2.27. The predicted molar refractivity (Wildman–Crippen MR) is 113 cm³/mol. The fraction of sp³-hybridized carbons (Fsp3) is 0.364. The molecule has 1 amide bonds. The second kappa shape index (κ2) is 8.80. The lowest BCUT2D eigenvalue weighted by atomic mass is 9.95. The first-order chi connectivity index (χ1) is 13.8. The number of nitrogens with zero attached hydrogens (tertiary/aromatic N) is 1. The number of carbonyl (C=O) groups is 2. The second-order valence-electron chi connectivity index (χ2n) is 7.66. The van der Waals surface area contributed by atoms with Crippen LogP contribution < -0.4 is 9.64 Å². The minimum atomic E-state index is -0.621. The molecule has 0 bridgehead atoms. The summed E-state index contributed by atoms with van der Waals surface area (Å²) in [4.78, 5) is 29.2. The monoisotopic (exact) mass is 415 g/mol. The van der Waals surface area contributed by atoms with Gasteiger partial charge in [-0.25, -0.2) is 0 Å². The lowest BCUT2D eigenvalue weighted by molar-refractivity contribution is -0.857. The number of quaternary nitrogens is 1. The van der Waals surface area contributed by atoms with Crippen LogP contribution in [0.2, 0.25) is 0 Å². The molecule has 0 unspecified atom stereocenters. The molecule has 0 aliphatic carbocycles. The SMILES string of the molecule is CC(C)Oc1ccc([C@@H]2C(C(=O)c3cccs3)=C(O)C(=O)N2CC[NH+](C)C)cc1. The van der Waals surface area contributed by atoms with Crippen molar-refractivity contribution >= 4 is 23.0 Å². The number of likely N-dealkylation sites (N-methyl/N-ethyl adjacent to an activating group) is 1. The van der Waals surface area contributed by atoms with Crippen molar-refractivity contribution in [2.45, 2.75) is 26.0 Å². The number of rotatable bonds is 8. The van der Waals surface area contributed by atoms with Crippen molar-refractivity contribution in [3.63, 3.8) is 0 Å². The van der Waals surface area contributed by atoms with Gasteiger partial charge in [-0.3, -0.25) is 9.59 Å². The van der Waals surface area contributed by atoms with Gasteiger partial charge in [0.2, 0.25) is 5.78 Å². The second-order valence-corrected chi connectivity index (χ2v) is 8.61. The molecule has 3 rings (SSSR count). The summed E-state index contributed by atoms with van der Waals surface area (Å²) in [5.74, 6) is -0.543. The summed E-state index contributed by atoms with van der Waals surface area (Å²) in [5.41, 5.74) is 0.913. The normalized spacial score (nSPS) is 17.0. The minimum Gasteiger partial charge on any atom is -0.503 e. The molecular formula is C22H27N2O4S+. The van der Waals surface area contributed by atoms with E-state index in [0.29, 0.717) is 18.0 Å². The number of ether oxygens (including phenoxy) is 1. The van der Waals surface area contributed by atoms with Gasteiger partial charge in [-0.1, -0.05) is 18.2 Å². The zero-order chi connectivity index (χ0) is 21.1. The molecule has 0 spiro atoms. The van der Waals surface area contributed by atoms with E-state index in [9.17, 15) is 14.7 Å². The van der Waals surface area contributed by atoms with E-state index in [0.717, 1.165) is 11.3 Å². The van der Waals surface area contributed by atoms with Crippen LogP contribution in [0.15, 0.2) is 53.1 Å². The molecule has 7 heteroatoms. The van der Waals surface area contributed by atoms with Gasteiger partial charge < -0.3 is 19.6 Å². The molecule has 0 fully saturated rings. The third-order valence-electron chi connectivity index (χ3n) is 4.71. The van der Waals surface area contributed by atoms with Crippen LogP contribution in [-0.4, -0.2) is 55.0 Å². The van der Waals surface area contributed by atoms with Crippen LogP contribution in [0.4, 0.5) is 0 Å². The Morgan fingerprint density at radius 3 is 2.48 bits per heavy atom. The number of hydrogen-bond donors (Lipinski definition) is 2. The van der Waals surface area contributed by atoms with E-state index < -0.39 is 17.7 Å². The first-order valence-electron chi connectivity index (χ1n) is 9.67. The summed E-state index contributed by atoms with van der Waals surface area (Å²) in [5, 5.41) is 12.4. The zero-order valence-corrected chi connectivity index (χ0v) is 18.0. The van der Waals surface area contributed by atoms with E-state index in [1.807, 2.05) is 57.6 Å². The molecule has 0 saturated heterocycles. The largest absolute Gasteiger partial charge is 0.503 e. The number of nitrogens with one attached hydrogen (secondary N) is 1. The van der Waals surface area contributed by atoms with Gasteiger partial charge >= 0.3 is 0 Å². The molecule has 1 atom stereocenters. The lowest BCUT2D eigenvalue weighted by Crippen LogP contribution is -3.06. The van der Waals surface area contributed by atoms with Crippen molar-refractivity contribution in [3.05, 3.63) is 63.6 Å². The molecule has 1 aromatic carbocycles. The van der Waals surface area contributed by atoms with Crippen LogP contribution >= 0.6 is 11.3 Å². The van der Waals surface area contributed by atoms with Gasteiger partial charge in [0.15, 0.2) is 5.76 Å². The quantitative estimate of drug-likeness (QED) is 0.649. The summed E-state index contributed by atoms with van der Waals surface area (Å²) in [7, 11) is 4.00. The number of aliphatic hydroxyl groups is 1. The molecule has 2 heterocycles. The van der Waals surface area contributed by atoms with Crippen LogP contribution in [0.25, 0.3) is 0 Å². The third-order valence-corrected chi connectivity index (χ3v) is 5.58. The summed E-state index contributed by atoms with van der Waals surface area (Å²) in [6, 6.07) is 10.2. The van der Waals surface area contributed by atoms with Crippen LogP contribution in [0, 0.1) is 0 Å². The molecule has 2 aromatic rings. The van der Waals surface area contributed by atoms with Gasteiger partial charge in [0.25, 0.3) is 5.91 Å². The van der Waals surface area contributed by atoms with Gasteiger partial charge in [-0.15, -0.1) is 11.3 Å². The number of Topliss-reactive ketones (excluding diaryl/α,β-unsaturated/α-hetero) is 1. The Hall–Kier alpha value is -2.64. The number of aliphatic hydroxyl groups excluding tert-OH is 1. The highest BCUT2D eigenvalue weighted by molar-refractivity contribution is 7.12. The molecule has 1 aromatic heterocycles. The summed E-state index contributed by atoms with van der Waals surface area (Å²) in [6.45, 7) is 5.03. The number of benzene rings is 1. The number of thiophene rings is 1. The number of hydrogen-bond acceptors (Lipinski definition) is 5. The maximum Gasteiger partial charge on any atom is 0.290 e. The smallest absolute Gasteiger partial charge is 0.290 e. The Morgan fingerprint density at radius 2 is 1.93 bits per heavy atom. The van der Waals surface area contributed by atoms with Crippen molar-refractivity contribution in [3.8, 4) is 5.75 Å². The minimum absolute atomic E-state index is 0.0494. The number of carbonyl (C=O) groups excluding carboxylic acids is 2. The summed E-state index contributed by atoms with van der Waals surface area (Å²) < 4.78 is 5.70. The molecule has 1 aliphatic rings. The van der Waals surface area contributed by atoms with Crippen molar-refractivity contribution in [1.82, 2.24) is 4.90 Å². The van der Waals surface area contributed by atoms with Crippen LogP contribution in [-0.2, 0) is 4.79 Å². The number of amides is 1. The average molecular weight is 416 g/mol. The van der Waals surface area contributed by atoms with Crippen molar-refractivity contribution in [2.75, 3.05) is 27.2 Å². The standard InChI is InChI=1S/C22H26N2O4S/c1-14(2)28-16-9-7-15(8-10-16)19-18(20(25)17-6-5-13-29-17)21(26)22(27)24(19)12-11-23(3)4/h5-10,13-14,19,26H,11-12H2,1-4H3/p+1/t19-/m1/s1. The molecule has 1 aliphatic heterocycles. The molecular weight excluding hydrogens is 388 g/mol. The van der Waals surface area contributed by atoms with E-state index in [1.165, 1.54) is 16.2 Å². The topological polar surface area (TPSA) is 71.3 Å². The van der Waals surface area contributed by atoms with Crippen LogP contribution in [0.1, 0.15) is 35.1 Å². The number of ketones is 1. The highest BCUT2D eigenvalue weighted by atomic mass is 32.1. The molecule has 2 N–H and O–H groups in total. The molecule has 0 saturated carbocycles. The molecule has 0 radical (unpaired) electrons. The Bertz CT molecular complexity index is 901. The van der Waals surface area contributed by atoms with E-state index in [1.54, 1.807) is 17.0 Å². The van der Waals surface area contributed by atoms with Gasteiger partial charge in [0.05, 0.1) is 49.8 Å². The Kier molecular flexibility index (Phi) is 6.39. The van der Waals surface area contributed by atoms with Crippen molar-refractivity contribution < 1.29 is 24.3 Å². The summed E-state index contributed by atoms with van der Waals surface area (Å²) in [6.07, 6.45) is 0.0494. The van der Waals surface area contributed by atoms with Crippen molar-refractivity contribution in [1.29, 1.82) is 0 Å². The van der Waals surface area contributed by atoms with E-state index in [4.69, 9.17) is 4.74 Å². The van der Waals surface area contributed by atoms with Crippen LogP contribution in [0.5, 0.6) is 5.75 Å². The predicted octanol–water partition coefficient (Wildman–Crippen LogP) is 2.26. The Morgan fingerprint density at radius 1 is 1.24 bits per heavy atom. The van der Waals surface area contributed by atoms with Crippen molar-refractivity contribution in [2.24, 2.45) is 0 Å². The first-order valence-corrected chi connectivity index (χ1v) is 10.6. The first kappa shape index (κ1) is 21.1. The van der Waals surface area contributed by atoms with Gasteiger partial charge in [-0.2, -0.15) is 0 Å². The third kappa shape index (κ3) is 4.52. The van der Waals surface area contributed by atoms with Crippen LogP contribution in [0.3, 0.4) is 0 Å². The fourth-order valence-corrected chi connectivity index (χ4v) is 4.03. The average Bonchev–Trinajstić information content (AvgIpc) is 3.28. The van der Waals surface area contributed by atoms with Gasteiger partial charge in [0, 0.05) is 0 Å². The highest BCUT2D eigenvalue weighted by Crippen LogP contribution is 2.39.